The molecule has 3 rings (SSSR count). The maximum Gasteiger partial charge on any atom is 0.238 e. The van der Waals surface area contributed by atoms with E-state index in [1.165, 1.54) is 44.2 Å². The Bertz CT molecular complexity index is 1040. The van der Waals surface area contributed by atoms with Crippen LogP contribution in [0.1, 0.15) is 25.0 Å². The third kappa shape index (κ3) is 3.13. The molecule has 0 atom stereocenters. The molecule has 2 aromatic carbocycles. The topological polar surface area (TPSA) is 86.5 Å². The van der Waals surface area contributed by atoms with Gasteiger partial charge in [-0.25, -0.2) is 22.3 Å². The number of sulfonamides is 1. The molecule has 2 N–H and O–H groups in total. The molecule has 136 valence electrons. The number of ketones is 1. The smallest absolute Gasteiger partial charge is 0.238 e. The third-order valence-corrected chi connectivity index (χ3v) is 4.93. The fourth-order valence-electron chi connectivity index (χ4n) is 2.69. The molecule has 0 aliphatic carbocycles. The van der Waals surface area contributed by atoms with Gasteiger partial charge in [-0.1, -0.05) is 0 Å². The van der Waals surface area contributed by atoms with Crippen LogP contribution >= 0.6 is 0 Å². The highest BCUT2D eigenvalue weighted by Crippen LogP contribution is 2.42. The van der Waals surface area contributed by atoms with E-state index in [0.29, 0.717) is 11.6 Å². The van der Waals surface area contributed by atoms with Crippen molar-refractivity contribution in [3.8, 4) is 0 Å². The van der Waals surface area contributed by atoms with E-state index in [2.05, 4.69) is 0 Å². The quantitative estimate of drug-likeness (QED) is 0.888. The predicted molar refractivity (Wildman–Crippen MR) is 91.2 cm³/mol. The van der Waals surface area contributed by atoms with Crippen molar-refractivity contribution in [3.63, 3.8) is 0 Å². The second-order valence-corrected chi connectivity index (χ2v) is 7.90. The van der Waals surface area contributed by atoms with Gasteiger partial charge in [-0.2, -0.15) is 0 Å². The van der Waals surface area contributed by atoms with Crippen LogP contribution in [0, 0.1) is 11.6 Å². The van der Waals surface area contributed by atoms with Gasteiger partial charge < -0.3 is 4.74 Å². The molecule has 0 amide bonds. The first kappa shape index (κ1) is 18.2. The number of hydrogen-bond donors (Lipinski definition) is 1. The molecule has 0 saturated heterocycles. The molecular formula is C18H15F2NO4S. The molecule has 2 aromatic rings. The van der Waals surface area contributed by atoms with Crippen LogP contribution in [0.5, 0.6) is 0 Å². The van der Waals surface area contributed by atoms with Crippen molar-refractivity contribution in [1.29, 1.82) is 0 Å². The van der Waals surface area contributed by atoms with Gasteiger partial charge in [0.2, 0.25) is 15.8 Å². The number of carbonyl (C=O) groups is 1. The van der Waals surface area contributed by atoms with Crippen molar-refractivity contribution in [2.45, 2.75) is 24.3 Å². The summed E-state index contributed by atoms with van der Waals surface area (Å²) in [6.45, 7) is 3.06. The Morgan fingerprint density at radius 2 is 1.65 bits per heavy atom. The number of Topliss-reactive ketones (excluding diaryl/α,β-unsaturated/α-hetero) is 1. The fraction of sp³-hybridized carbons (Fsp3) is 0.167. The average molecular weight is 379 g/mol. The van der Waals surface area contributed by atoms with Gasteiger partial charge in [0.05, 0.1) is 10.5 Å². The van der Waals surface area contributed by atoms with Crippen LogP contribution in [0.4, 0.5) is 8.78 Å². The molecule has 1 aliphatic heterocycles. The van der Waals surface area contributed by atoms with Crippen molar-refractivity contribution < 1.29 is 26.7 Å². The van der Waals surface area contributed by atoms with E-state index in [1.54, 1.807) is 0 Å². The Balaban J connectivity index is 2.20. The zero-order valence-corrected chi connectivity index (χ0v) is 14.7. The van der Waals surface area contributed by atoms with Crippen molar-refractivity contribution >= 4 is 27.1 Å². The number of nitrogens with two attached hydrogens (primary N) is 1. The van der Waals surface area contributed by atoms with Crippen LogP contribution < -0.4 is 5.14 Å². The number of benzene rings is 2. The number of rotatable bonds is 3. The lowest BCUT2D eigenvalue weighted by Crippen LogP contribution is -2.29. The lowest BCUT2D eigenvalue weighted by atomic mass is 9.92. The Hall–Kier alpha value is -2.58. The Kier molecular flexibility index (Phi) is 4.20. The molecule has 26 heavy (non-hydrogen) atoms. The van der Waals surface area contributed by atoms with E-state index in [9.17, 15) is 22.0 Å². The van der Waals surface area contributed by atoms with E-state index < -0.39 is 33.0 Å². The molecule has 1 heterocycles. The summed E-state index contributed by atoms with van der Waals surface area (Å²) in [6, 6.07) is 8.23. The standard InChI is InChI=1S/C18H15F2NO4S/c1-18(2)17(22)15(13-8-5-11(19)9-14(13)20)16(25-18)10-3-6-12(7-4-10)26(21,23)24/h3-9H,1-2H3,(H2,21,23,24). The molecule has 0 saturated carbocycles. The summed E-state index contributed by atoms with van der Waals surface area (Å²) in [7, 11) is -3.88. The molecule has 0 aromatic heterocycles. The maximum atomic E-state index is 14.3. The monoisotopic (exact) mass is 379 g/mol. The second-order valence-electron chi connectivity index (χ2n) is 6.34. The minimum absolute atomic E-state index is 0.0316. The molecule has 0 unspecified atom stereocenters. The van der Waals surface area contributed by atoms with Gasteiger partial charge in [-0.3, -0.25) is 4.79 Å². The van der Waals surface area contributed by atoms with E-state index in [0.717, 1.165) is 6.07 Å². The van der Waals surface area contributed by atoms with Crippen LogP contribution in [-0.4, -0.2) is 19.8 Å². The summed E-state index contributed by atoms with van der Waals surface area (Å²) >= 11 is 0. The van der Waals surface area contributed by atoms with Crippen LogP contribution in [0.2, 0.25) is 0 Å². The first-order valence-corrected chi connectivity index (χ1v) is 9.12. The molecule has 0 spiro atoms. The summed E-state index contributed by atoms with van der Waals surface area (Å²) in [5, 5.41) is 5.07. The molecule has 0 fully saturated rings. The number of primary sulfonamides is 1. The van der Waals surface area contributed by atoms with Gasteiger partial charge in [-0.15, -0.1) is 0 Å². The van der Waals surface area contributed by atoms with Crippen molar-refractivity contribution in [2.75, 3.05) is 0 Å². The van der Waals surface area contributed by atoms with Crippen LogP contribution in [0.3, 0.4) is 0 Å². The Morgan fingerprint density at radius 1 is 1.04 bits per heavy atom. The zero-order valence-electron chi connectivity index (χ0n) is 13.9. The van der Waals surface area contributed by atoms with Gasteiger partial charge in [0.15, 0.2) is 5.60 Å². The number of hydrogen-bond acceptors (Lipinski definition) is 4. The predicted octanol–water partition coefficient (Wildman–Crippen LogP) is 2.86. The minimum atomic E-state index is -3.88. The van der Waals surface area contributed by atoms with E-state index in [-0.39, 0.29) is 21.8 Å². The molecule has 1 aliphatic rings. The highest BCUT2D eigenvalue weighted by atomic mass is 32.2. The molecule has 0 bridgehead atoms. The van der Waals surface area contributed by atoms with E-state index >= 15 is 0 Å². The Labute approximate surface area is 149 Å². The zero-order chi connectivity index (χ0) is 19.3. The van der Waals surface area contributed by atoms with Crippen LogP contribution in [-0.2, 0) is 19.6 Å². The summed E-state index contributed by atoms with van der Waals surface area (Å²) in [4.78, 5) is 12.6. The van der Waals surface area contributed by atoms with Gasteiger partial charge >= 0.3 is 0 Å². The normalized spacial score (nSPS) is 16.7. The number of carbonyl (C=O) groups excluding carboxylic acids is 1. The third-order valence-electron chi connectivity index (χ3n) is 4.00. The van der Waals surface area contributed by atoms with Gasteiger partial charge in [0, 0.05) is 17.2 Å². The Morgan fingerprint density at radius 3 is 2.19 bits per heavy atom. The first-order valence-electron chi connectivity index (χ1n) is 7.57. The minimum Gasteiger partial charge on any atom is -0.478 e. The molecule has 5 nitrogen and oxygen atoms in total. The van der Waals surface area contributed by atoms with Crippen molar-refractivity contribution in [3.05, 3.63) is 65.2 Å². The second kappa shape index (κ2) is 6.00. The molecular weight excluding hydrogens is 364 g/mol. The average Bonchev–Trinajstić information content (AvgIpc) is 2.78. The molecule has 0 radical (unpaired) electrons. The first-order chi connectivity index (χ1) is 12.0. The van der Waals surface area contributed by atoms with Crippen molar-refractivity contribution in [2.24, 2.45) is 5.14 Å². The number of halogens is 2. The van der Waals surface area contributed by atoms with E-state index in [4.69, 9.17) is 9.88 Å². The highest BCUT2D eigenvalue weighted by molar-refractivity contribution is 7.89. The van der Waals surface area contributed by atoms with Crippen LogP contribution in [0.15, 0.2) is 47.4 Å². The summed E-state index contributed by atoms with van der Waals surface area (Å²) < 4.78 is 55.9. The summed E-state index contributed by atoms with van der Waals surface area (Å²) in [5.41, 5.74) is -0.997. The van der Waals surface area contributed by atoms with Gasteiger partial charge in [-0.05, 0) is 50.2 Å². The maximum absolute atomic E-state index is 14.3. The van der Waals surface area contributed by atoms with Crippen molar-refractivity contribution in [1.82, 2.24) is 0 Å². The molecule has 8 heteroatoms. The van der Waals surface area contributed by atoms with Gasteiger partial charge in [0.25, 0.3) is 0 Å². The SMILES string of the molecule is CC1(C)OC(c2ccc(S(N)(=O)=O)cc2)=C(c2ccc(F)cc2F)C1=O. The van der Waals surface area contributed by atoms with E-state index in [1.807, 2.05) is 0 Å². The fourth-order valence-corrected chi connectivity index (χ4v) is 3.21. The summed E-state index contributed by atoms with van der Waals surface area (Å²) in [5.74, 6) is -2.04. The highest BCUT2D eigenvalue weighted by Gasteiger charge is 2.43. The number of ether oxygens (including phenoxy) is 1. The lowest BCUT2D eigenvalue weighted by molar-refractivity contribution is -0.125. The van der Waals surface area contributed by atoms with Gasteiger partial charge in [0.1, 0.15) is 17.4 Å². The largest absolute Gasteiger partial charge is 0.478 e. The summed E-state index contributed by atoms with van der Waals surface area (Å²) in [6.07, 6.45) is 0. The lowest BCUT2D eigenvalue weighted by Gasteiger charge is -2.17. The van der Waals surface area contributed by atoms with Crippen LogP contribution in [0.25, 0.3) is 11.3 Å².